The van der Waals surface area contributed by atoms with Crippen LogP contribution in [0, 0.1) is 5.82 Å². The molecule has 3 heterocycles. The first-order chi connectivity index (χ1) is 17.8. The minimum absolute atomic E-state index is 0.00325. The Morgan fingerprint density at radius 3 is 2.53 bits per heavy atom. The Bertz CT molecular complexity index is 1340. The van der Waals surface area contributed by atoms with Crippen LogP contribution in [0.1, 0.15) is 69.2 Å². The monoisotopic (exact) mass is 531 g/mol. The Kier molecular flexibility index (Phi) is 7.51. The van der Waals surface area contributed by atoms with Crippen LogP contribution in [0.3, 0.4) is 0 Å². The SMILES string of the molecule is COc1nc2ncnc(N[C@H](C)c3cccc(C(F)(F)C(C)(C)O)c3F)c2cc1C1CCN(C(C)=O)CC1. The van der Waals surface area contributed by atoms with Crippen LogP contribution in [-0.2, 0) is 10.7 Å². The molecule has 0 unspecified atom stereocenters. The van der Waals surface area contributed by atoms with Crippen LogP contribution in [0.15, 0.2) is 30.6 Å². The van der Waals surface area contributed by atoms with E-state index >= 15 is 4.39 Å². The van der Waals surface area contributed by atoms with Crippen molar-refractivity contribution in [1.82, 2.24) is 19.9 Å². The molecule has 1 fully saturated rings. The van der Waals surface area contributed by atoms with Gasteiger partial charge in [-0.05, 0) is 51.7 Å². The zero-order chi connectivity index (χ0) is 27.8. The maximum atomic E-state index is 15.3. The summed E-state index contributed by atoms with van der Waals surface area (Å²) < 4.78 is 50.5. The highest BCUT2D eigenvalue weighted by molar-refractivity contribution is 5.87. The lowest BCUT2D eigenvalue weighted by Gasteiger charge is -2.32. The minimum atomic E-state index is -3.80. The van der Waals surface area contributed by atoms with Crippen molar-refractivity contribution in [2.75, 3.05) is 25.5 Å². The molecule has 0 saturated carbocycles. The number of aliphatic hydroxyl groups is 1. The summed E-state index contributed by atoms with van der Waals surface area (Å²) in [7, 11) is 1.53. The second kappa shape index (κ2) is 10.4. The molecule has 1 atom stereocenters. The van der Waals surface area contributed by atoms with Gasteiger partial charge in [0.25, 0.3) is 0 Å². The molecular weight excluding hydrogens is 499 g/mol. The Balaban J connectivity index is 1.68. The van der Waals surface area contributed by atoms with E-state index in [1.54, 1.807) is 18.7 Å². The van der Waals surface area contributed by atoms with Crippen molar-refractivity contribution in [3.05, 3.63) is 53.1 Å². The Morgan fingerprint density at radius 1 is 1.24 bits per heavy atom. The molecule has 11 heteroatoms. The van der Waals surface area contributed by atoms with Gasteiger partial charge < -0.3 is 20.1 Å². The van der Waals surface area contributed by atoms with E-state index in [1.807, 2.05) is 6.07 Å². The number of piperidine rings is 1. The zero-order valence-electron chi connectivity index (χ0n) is 22.1. The summed E-state index contributed by atoms with van der Waals surface area (Å²) in [4.78, 5) is 26.7. The first kappa shape index (κ1) is 27.6. The van der Waals surface area contributed by atoms with Crippen molar-refractivity contribution in [1.29, 1.82) is 0 Å². The van der Waals surface area contributed by atoms with Crippen LogP contribution >= 0.6 is 0 Å². The number of alkyl halides is 2. The van der Waals surface area contributed by atoms with E-state index in [9.17, 15) is 18.7 Å². The normalized spacial score (nSPS) is 16.0. The van der Waals surface area contributed by atoms with E-state index in [2.05, 4.69) is 20.3 Å². The predicted octanol–water partition coefficient (Wildman–Crippen LogP) is 4.93. The lowest BCUT2D eigenvalue weighted by molar-refractivity contribution is -0.170. The molecule has 1 aliphatic rings. The molecule has 2 aromatic heterocycles. The molecule has 38 heavy (non-hydrogen) atoms. The van der Waals surface area contributed by atoms with Gasteiger partial charge in [-0.15, -0.1) is 0 Å². The number of fused-ring (bicyclic) bond motifs is 1. The summed E-state index contributed by atoms with van der Waals surface area (Å²) in [5, 5.41) is 13.6. The van der Waals surface area contributed by atoms with Crippen LogP contribution in [0.4, 0.5) is 19.0 Å². The fourth-order valence-electron chi connectivity index (χ4n) is 4.80. The van der Waals surface area contributed by atoms with Crippen molar-refractivity contribution in [2.45, 2.75) is 64.0 Å². The van der Waals surface area contributed by atoms with Gasteiger partial charge in [0, 0.05) is 31.1 Å². The van der Waals surface area contributed by atoms with E-state index in [0.717, 1.165) is 38.3 Å². The third-order valence-electron chi connectivity index (χ3n) is 7.15. The summed E-state index contributed by atoms with van der Waals surface area (Å²) in [6, 6.07) is 4.86. The highest BCUT2D eigenvalue weighted by atomic mass is 19.3. The maximum Gasteiger partial charge on any atom is 0.303 e. The molecule has 0 spiro atoms. The van der Waals surface area contributed by atoms with Crippen LogP contribution in [0.25, 0.3) is 11.0 Å². The van der Waals surface area contributed by atoms with Gasteiger partial charge in [-0.1, -0.05) is 12.1 Å². The zero-order valence-corrected chi connectivity index (χ0v) is 22.1. The smallest absolute Gasteiger partial charge is 0.303 e. The number of benzene rings is 1. The second-order valence-corrected chi connectivity index (χ2v) is 10.2. The standard InChI is InChI=1S/C27H32F3N5O3/c1-15(18-7-6-8-21(22(18)28)27(29,30)26(3,4)37)33-23-20-13-19(17-9-11-35(12-10-17)16(2)36)25(38-5)34-24(20)32-14-31-23/h6-8,13-15,17,37H,9-12H2,1-5H3,(H,31,32,33,34)/t15-/m1/s1. The van der Waals surface area contributed by atoms with Gasteiger partial charge in [0.05, 0.1) is 24.1 Å². The Labute approximate surface area is 219 Å². The third kappa shape index (κ3) is 5.11. The van der Waals surface area contributed by atoms with E-state index in [4.69, 9.17) is 4.74 Å². The first-order valence-electron chi connectivity index (χ1n) is 12.5. The number of aromatic nitrogens is 3. The van der Waals surface area contributed by atoms with Gasteiger partial charge in [0.2, 0.25) is 11.8 Å². The fourth-order valence-corrected chi connectivity index (χ4v) is 4.80. The van der Waals surface area contributed by atoms with Gasteiger partial charge in [-0.25, -0.2) is 14.4 Å². The number of amides is 1. The van der Waals surface area contributed by atoms with Crippen LogP contribution in [-0.4, -0.2) is 56.7 Å². The highest BCUT2D eigenvalue weighted by Crippen LogP contribution is 2.42. The molecule has 1 aromatic carbocycles. The van der Waals surface area contributed by atoms with E-state index < -0.39 is 28.9 Å². The number of hydrogen-bond donors (Lipinski definition) is 2. The highest BCUT2D eigenvalue weighted by Gasteiger charge is 2.49. The van der Waals surface area contributed by atoms with Gasteiger partial charge in [0.1, 0.15) is 23.6 Å². The molecule has 0 bridgehead atoms. The number of pyridine rings is 1. The maximum absolute atomic E-state index is 15.3. The number of nitrogens with zero attached hydrogens (tertiary/aromatic N) is 4. The average Bonchev–Trinajstić information content (AvgIpc) is 2.87. The van der Waals surface area contributed by atoms with Crippen molar-refractivity contribution >= 4 is 22.8 Å². The average molecular weight is 532 g/mol. The first-order valence-corrected chi connectivity index (χ1v) is 12.5. The molecule has 3 aromatic rings. The van der Waals surface area contributed by atoms with E-state index in [0.29, 0.717) is 35.8 Å². The quantitative estimate of drug-likeness (QED) is 0.446. The largest absolute Gasteiger partial charge is 0.481 e. The Morgan fingerprint density at radius 2 is 1.92 bits per heavy atom. The number of nitrogens with one attached hydrogen (secondary N) is 1. The number of anilines is 1. The van der Waals surface area contributed by atoms with Gasteiger partial charge in [-0.3, -0.25) is 4.79 Å². The molecule has 1 amide bonds. The van der Waals surface area contributed by atoms with Crippen molar-refractivity contribution in [3.8, 4) is 5.88 Å². The van der Waals surface area contributed by atoms with Gasteiger partial charge in [0.15, 0.2) is 5.65 Å². The number of carbonyl (C=O) groups is 1. The number of carbonyl (C=O) groups excluding carboxylic acids is 1. The minimum Gasteiger partial charge on any atom is -0.481 e. The van der Waals surface area contributed by atoms with Crippen LogP contribution in [0.5, 0.6) is 5.88 Å². The van der Waals surface area contributed by atoms with E-state index in [1.165, 1.54) is 25.6 Å². The number of likely N-dealkylation sites (tertiary alicyclic amines) is 1. The lowest BCUT2D eigenvalue weighted by atomic mass is 9.89. The topological polar surface area (TPSA) is 100 Å². The summed E-state index contributed by atoms with van der Waals surface area (Å²) in [6.45, 7) is 6.32. The Hall–Kier alpha value is -3.47. The number of ether oxygens (including phenoxy) is 1. The second-order valence-electron chi connectivity index (χ2n) is 10.2. The van der Waals surface area contributed by atoms with Gasteiger partial charge in [-0.2, -0.15) is 13.8 Å². The molecule has 204 valence electrons. The summed E-state index contributed by atoms with van der Waals surface area (Å²) in [6.07, 6.45) is 2.79. The summed E-state index contributed by atoms with van der Waals surface area (Å²) >= 11 is 0. The summed E-state index contributed by atoms with van der Waals surface area (Å²) in [5.74, 6) is -3.97. The third-order valence-corrected chi connectivity index (χ3v) is 7.15. The van der Waals surface area contributed by atoms with Crippen molar-refractivity contribution in [3.63, 3.8) is 0 Å². The van der Waals surface area contributed by atoms with Crippen LogP contribution in [0.2, 0.25) is 0 Å². The van der Waals surface area contributed by atoms with Gasteiger partial charge >= 0.3 is 5.92 Å². The predicted molar refractivity (Wildman–Crippen MR) is 137 cm³/mol. The molecule has 2 N–H and O–H groups in total. The molecule has 1 aliphatic heterocycles. The molecule has 8 nitrogen and oxygen atoms in total. The van der Waals surface area contributed by atoms with Crippen molar-refractivity contribution in [2.24, 2.45) is 0 Å². The number of hydrogen-bond acceptors (Lipinski definition) is 7. The molecule has 1 saturated heterocycles. The molecular formula is C27H32F3N5O3. The van der Waals surface area contributed by atoms with Crippen LogP contribution < -0.4 is 10.1 Å². The number of rotatable bonds is 7. The van der Waals surface area contributed by atoms with Crippen molar-refractivity contribution < 1.29 is 27.8 Å². The number of methoxy groups -OCH3 is 1. The number of halogens is 3. The molecule has 0 radical (unpaired) electrons. The fraction of sp³-hybridized carbons (Fsp3) is 0.481. The molecule has 4 rings (SSSR count). The molecule has 0 aliphatic carbocycles. The van der Waals surface area contributed by atoms with E-state index in [-0.39, 0.29) is 17.4 Å². The lowest BCUT2D eigenvalue weighted by Crippen LogP contribution is -2.41. The summed E-state index contributed by atoms with van der Waals surface area (Å²) in [5.41, 5.74) is -2.12.